The van der Waals surface area contributed by atoms with Crippen LogP contribution in [0.5, 0.6) is 5.75 Å². The van der Waals surface area contributed by atoms with Crippen LogP contribution in [0.3, 0.4) is 0 Å². The van der Waals surface area contributed by atoms with E-state index in [1.54, 1.807) is 0 Å². The first-order valence-electron chi connectivity index (χ1n) is 9.43. The van der Waals surface area contributed by atoms with E-state index in [0.29, 0.717) is 6.04 Å². The van der Waals surface area contributed by atoms with Crippen LogP contribution in [0.15, 0.2) is 53.5 Å². The van der Waals surface area contributed by atoms with Gasteiger partial charge in [-0.25, -0.2) is 0 Å². The third kappa shape index (κ3) is 4.72. The maximum atomic E-state index is 6.27. The van der Waals surface area contributed by atoms with E-state index in [4.69, 9.17) is 9.73 Å². The fourth-order valence-electron chi connectivity index (χ4n) is 3.64. The van der Waals surface area contributed by atoms with Crippen molar-refractivity contribution in [2.24, 2.45) is 4.99 Å². The van der Waals surface area contributed by atoms with E-state index >= 15 is 0 Å². The zero-order chi connectivity index (χ0) is 17.7. The Balaban J connectivity index is 1.66. The van der Waals surface area contributed by atoms with Crippen LogP contribution in [0.2, 0.25) is 0 Å². The third-order valence-corrected chi connectivity index (χ3v) is 5.06. The average molecular weight is 335 g/mol. The highest BCUT2D eigenvalue weighted by atomic mass is 16.5. The fraction of sp³-hybridized carbons (Fsp3) is 0.435. The molecule has 25 heavy (non-hydrogen) atoms. The second-order valence-electron chi connectivity index (χ2n) is 7.57. The summed E-state index contributed by atoms with van der Waals surface area (Å²) in [6.45, 7) is 6.37. The van der Waals surface area contributed by atoms with Crippen LogP contribution in [0.1, 0.15) is 62.6 Å². The topological polar surface area (TPSA) is 21.6 Å². The van der Waals surface area contributed by atoms with E-state index in [1.807, 2.05) is 18.3 Å². The summed E-state index contributed by atoms with van der Waals surface area (Å²) in [6, 6.07) is 17.2. The summed E-state index contributed by atoms with van der Waals surface area (Å²) in [6.07, 6.45) is 8.51. The van der Waals surface area contributed by atoms with Gasteiger partial charge in [-0.3, -0.25) is 4.99 Å². The van der Waals surface area contributed by atoms with Crippen molar-refractivity contribution in [1.29, 1.82) is 0 Å². The van der Waals surface area contributed by atoms with Gasteiger partial charge in [0.2, 0.25) is 0 Å². The van der Waals surface area contributed by atoms with E-state index in [0.717, 1.165) is 11.3 Å². The molecule has 2 nitrogen and oxygen atoms in total. The number of rotatable bonds is 5. The zero-order valence-corrected chi connectivity index (χ0v) is 15.7. The molecule has 132 valence electrons. The molecule has 1 aliphatic carbocycles. The zero-order valence-electron chi connectivity index (χ0n) is 15.7. The quantitative estimate of drug-likeness (QED) is 0.608. The largest absolute Gasteiger partial charge is 0.483 e. The van der Waals surface area contributed by atoms with Crippen LogP contribution in [-0.2, 0) is 5.60 Å². The second-order valence-corrected chi connectivity index (χ2v) is 7.57. The molecule has 1 fully saturated rings. The summed E-state index contributed by atoms with van der Waals surface area (Å²) in [5.74, 6) is 0.892. The Labute approximate surface area is 152 Å². The predicted octanol–water partition coefficient (Wildman–Crippen LogP) is 6.06. The van der Waals surface area contributed by atoms with Crippen LogP contribution in [0.4, 0.5) is 0 Å². The lowest BCUT2D eigenvalue weighted by Crippen LogP contribution is -2.26. The van der Waals surface area contributed by atoms with Gasteiger partial charge in [-0.15, -0.1) is 0 Å². The second kappa shape index (κ2) is 7.86. The molecule has 2 aromatic carbocycles. The van der Waals surface area contributed by atoms with Gasteiger partial charge in [0.05, 0.1) is 0 Å². The number of aliphatic imine (C=N–C) groups is 1. The molecule has 0 aromatic heterocycles. The van der Waals surface area contributed by atoms with Gasteiger partial charge in [-0.1, -0.05) is 43.5 Å². The molecule has 2 heteroatoms. The summed E-state index contributed by atoms with van der Waals surface area (Å²) in [5, 5.41) is 0. The van der Waals surface area contributed by atoms with Crippen LogP contribution >= 0.6 is 0 Å². The van der Waals surface area contributed by atoms with Crippen molar-refractivity contribution in [1.82, 2.24) is 0 Å². The molecule has 3 rings (SSSR count). The molecular formula is C23H29NO. The smallest absolute Gasteiger partial charge is 0.129 e. The monoisotopic (exact) mass is 335 g/mol. The number of hydrogen-bond donors (Lipinski definition) is 0. The highest BCUT2D eigenvalue weighted by molar-refractivity contribution is 5.79. The molecule has 2 aromatic rings. The lowest BCUT2D eigenvalue weighted by Gasteiger charge is -2.28. The first-order chi connectivity index (χ1) is 12.0. The minimum Gasteiger partial charge on any atom is -0.483 e. The van der Waals surface area contributed by atoms with Crippen LogP contribution in [0.25, 0.3) is 0 Å². The molecule has 0 heterocycles. The summed E-state index contributed by atoms with van der Waals surface area (Å²) < 4.78 is 6.27. The number of benzene rings is 2. The van der Waals surface area contributed by atoms with Crippen molar-refractivity contribution in [3.05, 3.63) is 65.2 Å². The molecule has 0 atom stereocenters. The van der Waals surface area contributed by atoms with Gasteiger partial charge >= 0.3 is 0 Å². The molecule has 0 spiro atoms. The molecule has 0 saturated heterocycles. The minimum atomic E-state index is -0.358. The minimum absolute atomic E-state index is 0.358. The molecular weight excluding hydrogens is 306 g/mol. The van der Waals surface area contributed by atoms with Gasteiger partial charge in [0, 0.05) is 12.3 Å². The van der Waals surface area contributed by atoms with Crippen molar-refractivity contribution < 1.29 is 4.74 Å². The van der Waals surface area contributed by atoms with Crippen molar-refractivity contribution in [2.75, 3.05) is 0 Å². The average Bonchev–Trinajstić information content (AvgIpc) is 2.62. The maximum absolute atomic E-state index is 6.27. The maximum Gasteiger partial charge on any atom is 0.129 e. The fourth-order valence-corrected chi connectivity index (χ4v) is 3.64. The van der Waals surface area contributed by atoms with Gasteiger partial charge in [0.1, 0.15) is 11.4 Å². The Morgan fingerprint density at radius 1 is 0.960 bits per heavy atom. The lowest BCUT2D eigenvalue weighted by atomic mass is 9.93. The molecule has 1 aliphatic rings. The van der Waals surface area contributed by atoms with Gasteiger partial charge in [-0.05, 0) is 74.6 Å². The van der Waals surface area contributed by atoms with E-state index in [-0.39, 0.29) is 5.60 Å². The molecule has 0 bridgehead atoms. The summed E-state index contributed by atoms with van der Waals surface area (Å²) in [7, 11) is 0. The summed E-state index contributed by atoms with van der Waals surface area (Å²) >= 11 is 0. The Hall–Kier alpha value is -2.09. The van der Waals surface area contributed by atoms with Gasteiger partial charge in [0.15, 0.2) is 0 Å². The lowest BCUT2D eigenvalue weighted by molar-refractivity contribution is 0.108. The van der Waals surface area contributed by atoms with E-state index in [2.05, 4.69) is 57.2 Å². The molecule has 0 unspecified atom stereocenters. The third-order valence-electron chi connectivity index (χ3n) is 5.06. The van der Waals surface area contributed by atoms with Crippen LogP contribution < -0.4 is 4.74 Å². The Bertz CT molecular complexity index is 709. The molecule has 0 amide bonds. The van der Waals surface area contributed by atoms with Gasteiger partial charge in [0.25, 0.3) is 0 Å². The predicted molar refractivity (Wildman–Crippen MR) is 106 cm³/mol. The normalized spacial score (nSPS) is 16.3. The Morgan fingerprint density at radius 2 is 1.64 bits per heavy atom. The first kappa shape index (κ1) is 17.7. The standard InChI is InChI=1S/C23H29NO/c1-18-9-7-8-12-22(18)23(2,3)25-21-15-13-19(14-16-21)17-24-20-10-5-4-6-11-20/h7-9,12-17,20H,4-6,10-11H2,1-3H3. The Kier molecular flexibility index (Phi) is 5.57. The van der Waals surface area contributed by atoms with Crippen molar-refractivity contribution >= 4 is 6.21 Å². The summed E-state index contributed by atoms with van der Waals surface area (Å²) in [5.41, 5.74) is 3.26. The molecule has 1 saturated carbocycles. The highest BCUT2D eigenvalue weighted by Crippen LogP contribution is 2.29. The number of aryl methyl sites for hydroxylation is 1. The van der Waals surface area contributed by atoms with Crippen LogP contribution in [-0.4, -0.2) is 12.3 Å². The van der Waals surface area contributed by atoms with Crippen molar-refractivity contribution in [3.8, 4) is 5.75 Å². The Morgan fingerprint density at radius 3 is 2.32 bits per heavy atom. The van der Waals surface area contributed by atoms with E-state index in [1.165, 1.54) is 43.2 Å². The van der Waals surface area contributed by atoms with Gasteiger partial charge in [-0.2, -0.15) is 0 Å². The molecule has 0 aliphatic heterocycles. The van der Waals surface area contributed by atoms with Crippen molar-refractivity contribution in [3.63, 3.8) is 0 Å². The molecule has 0 radical (unpaired) electrons. The number of ether oxygens (including phenoxy) is 1. The van der Waals surface area contributed by atoms with Crippen molar-refractivity contribution in [2.45, 2.75) is 64.5 Å². The number of hydrogen-bond acceptors (Lipinski definition) is 2. The highest BCUT2D eigenvalue weighted by Gasteiger charge is 2.24. The van der Waals surface area contributed by atoms with E-state index < -0.39 is 0 Å². The van der Waals surface area contributed by atoms with E-state index in [9.17, 15) is 0 Å². The first-order valence-corrected chi connectivity index (χ1v) is 9.43. The number of nitrogens with zero attached hydrogens (tertiary/aromatic N) is 1. The van der Waals surface area contributed by atoms with Gasteiger partial charge < -0.3 is 4.74 Å². The summed E-state index contributed by atoms with van der Waals surface area (Å²) in [4.78, 5) is 4.75. The SMILES string of the molecule is Cc1ccccc1C(C)(C)Oc1ccc(C=NC2CCCCC2)cc1. The van der Waals surface area contributed by atoms with Crippen LogP contribution in [0, 0.1) is 6.92 Å². The molecule has 0 N–H and O–H groups in total.